The predicted molar refractivity (Wildman–Crippen MR) is 94.7 cm³/mol. The van der Waals surface area contributed by atoms with Gasteiger partial charge in [-0.3, -0.25) is 0 Å². The Bertz CT molecular complexity index is 616. The molecule has 0 amide bonds. The minimum atomic E-state index is 0.304. The standard InChI is InChI=1S/C18H23BrS/c1-9-8-16(20-15(9)7)18(19)17-13(5)11(3)10(2)12(4)14(17)6/h8,18H,1-7H3. The molecule has 2 heteroatoms. The first-order valence-corrected chi connectivity index (χ1v) is 8.76. The van der Waals surface area contributed by atoms with Crippen LogP contribution in [0.25, 0.3) is 0 Å². The Morgan fingerprint density at radius 1 is 0.800 bits per heavy atom. The highest BCUT2D eigenvalue weighted by molar-refractivity contribution is 9.09. The minimum Gasteiger partial charge on any atom is -0.144 e. The van der Waals surface area contributed by atoms with Gasteiger partial charge < -0.3 is 0 Å². The van der Waals surface area contributed by atoms with Crippen LogP contribution in [0.1, 0.15) is 53.5 Å². The van der Waals surface area contributed by atoms with Crippen LogP contribution < -0.4 is 0 Å². The van der Waals surface area contributed by atoms with Gasteiger partial charge in [-0.1, -0.05) is 15.9 Å². The van der Waals surface area contributed by atoms with E-state index in [4.69, 9.17) is 0 Å². The fraction of sp³-hybridized carbons (Fsp3) is 0.444. The Morgan fingerprint density at radius 2 is 1.25 bits per heavy atom. The molecule has 20 heavy (non-hydrogen) atoms. The summed E-state index contributed by atoms with van der Waals surface area (Å²) in [6.45, 7) is 15.6. The van der Waals surface area contributed by atoms with Crippen molar-refractivity contribution in [2.24, 2.45) is 0 Å². The van der Waals surface area contributed by atoms with Crippen LogP contribution in [0.4, 0.5) is 0 Å². The van der Waals surface area contributed by atoms with E-state index in [0.717, 1.165) is 0 Å². The molecule has 1 atom stereocenters. The van der Waals surface area contributed by atoms with Gasteiger partial charge in [0.05, 0.1) is 4.83 Å². The highest BCUT2D eigenvalue weighted by atomic mass is 79.9. The van der Waals surface area contributed by atoms with Gasteiger partial charge >= 0.3 is 0 Å². The average molecular weight is 351 g/mol. The highest BCUT2D eigenvalue weighted by Gasteiger charge is 2.21. The zero-order chi connectivity index (χ0) is 15.2. The van der Waals surface area contributed by atoms with Crippen molar-refractivity contribution in [2.45, 2.75) is 53.3 Å². The minimum absolute atomic E-state index is 0.304. The third kappa shape index (κ3) is 2.48. The van der Waals surface area contributed by atoms with E-state index >= 15 is 0 Å². The summed E-state index contributed by atoms with van der Waals surface area (Å²) in [7, 11) is 0. The Hall–Kier alpha value is -0.600. The van der Waals surface area contributed by atoms with Crippen molar-refractivity contribution >= 4 is 27.3 Å². The van der Waals surface area contributed by atoms with E-state index < -0.39 is 0 Å². The fourth-order valence-corrected chi connectivity index (χ4v) is 4.91. The number of halogens is 1. The van der Waals surface area contributed by atoms with Gasteiger partial charge in [-0.05, 0) is 93.5 Å². The summed E-state index contributed by atoms with van der Waals surface area (Å²) in [5.41, 5.74) is 9.99. The van der Waals surface area contributed by atoms with Crippen LogP contribution in [0.5, 0.6) is 0 Å². The summed E-state index contributed by atoms with van der Waals surface area (Å²) in [4.78, 5) is 3.13. The Kier molecular flexibility index (Phi) is 4.46. The lowest BCUT2D eigenvalue weighted by Crippen LogP contribution is -2.04. The normalized spacial score (nSPS) is 12.8. The fourth-order valence-electron chi connectivity index (χ4n) is 2.78. The topological polar surface area (TPSA) is 0 Å². The molecule has 0 nitrogen and oxygen atoms in total. The van der Waals surface area contributed by atoms with Crippen molar-refractivity contribution in [2.75, 3.05) is 0 Å². The van der Waals surface area contributed by atoms with Gasteiger partial charge in [-0.2, -0.15) is 0 Å². The second-order valence-electron chi connectivity index (χ2n) is 5.79. The van der Waals surface area contributed by atoms with Crippen LogP contribution in [0.15, 0.2) is 6.07 Å². The number of hydrogen-bond acceptors (Lipinski definition) is 1. The maximum Gasteiger partial charge on any atom is 0.0743 e. The number of thiophene rings is 1. The molecule has 0 bridgehead atoms. The molecule has 1 unspecified atom stereocenters. The van der Waals surface area contributed by atoms with Crippen molar-refractivity contribution in [3.63, 3.8) is 0 Å². The first-order chi connectivity index (χ1) is 9.25. The molecule has 0 radical (unpaired) electrons. The van der Waals surface area contributed by atoms with Crippen LogP contribution in [0.3, 0.4) is 0 Å². The molecule has 1 heterocycles. The van der Waals surface area contributed by atoms with Crippen molar-refractivity contribution < 1.29 is 0 Å². The zero-order valence-electron chi connectivity index (χ0n) is 13.4. The summed E-state index contributed by atoms with van der Waals surface area (Å²) in [6, 6.07) is 2.32. The van der Waals surface area contributed by atoms with Gasteiger partial charge in [0.25, 0.3) is 0 Å². The SMILES string of the molecule is Cc1cc(C(Br)c2c(C)c(C)c(C)c(C)c2C)sc1C. The number of hydrogen-bond donors (Lipinski definition) is 0. The first kappa shape index (κ1) is 15.8. The van der Waals surface area contributed by atoms with Crippen molar-refractivity contribution in [1.82, 2.24) is 0 Å². The van der Waals surface area contributed by atoms with Crippen molar-refractivity contribution in [3.05, 3.63) is 54.8 Å². The van der Waals surface area contributed by atoms with Crippen LogP contribution in [-0.2, 0) is 0 Å². The summed E-state index contributed by atoms with van der Waals surface area (Å²) < 4.78 is 0. The molecule has 0 fully saturated rings. The number of rotatable bonds is 2. The number of benzene rings is 1. The van der Waals surface area contributed by atoms with E-state index in [0.29, 0.717) is 4.83 Å². The average Bonchev–Trinajstić information content (AvgIpc) is 2.74. The smallest absolute Gasteiger partial charge is 0.0743 e. The van der Waals surface area contributed by atoms with Gasteiger partial charge in [-0.15, -0.1) is 11.3 Å². The van der Waals surface area contributed by atoms with Gasteiger partial charge in [0, 0.05) is 9.75 Å². The van der Waals surface area contributed by atoms with E-state index in [1.54, 1.807) is 0 Å². The number of aryl methyl sites for hydroxylation is 2. The van der Waals surface area contributed by atoms with Gasteiger partial charge in [0.15, 0.2) is 0 Å². The Balaban J connectivity index is 2.63. The van der Waals surface area contributed by atoms with Crippen LogP contribution in [-0.4, -0.2) is 0 Å². The molecule has 1 aromatic carbocycles. The molecular formula is C18H23BrS. The molecular weight excluding hydrogens is 328 g/mol. The van der Waals surface area contributed by atoms with E-state index in [1.165, 1.54) is 48.7 Å². The third-order valence-corrected chi connectivity index (χ3v) is 7.22. The quantitative estimate of drug-likeness (QED) is 0.550. The molecule has 0 N–H and O–H groups in total. The molecule has 0 aliphatic rings. The lowest BCUT2D eigenvalue weighted by atomic mass is 9.88. The second-order valence-corrected chi connectivity index (χ2v) is 7.99. The molecule has 0 aliphatic carbocycles. The maximum atomic E-state index is 3.95. The largest absolute Gasteiger partial charge is 0.144 e. The molecule has 0 saturated carbocycles. The molecule has 0 aliphatic heterocycles. The van der Waals surface area contributed by atoms with Gasteiger partial charge in [-0.25, -0.2) is 0 Å². The second kappa shape index (κ2) is 5.65. The molecule has 0 saturated heterocycles. The zero-order valence-corrected chi connectivity index (χ0v) is 15.8. The highest BCUT2D eigenvalue weighted by Crippen LogP contribution is 2.41. The van der Waals surface area contributed by atoms with E-state index in [-0.39, 0.29) is 0 Å². The van der Waals surface area contributed by atoms with Crippen LogP contribution in [0, 0.1) is 48.5 Å². The lowest BCUT2D eigenvalue weighted by molar-refractivity contribution is 1.07. The molecule has 2 rings (SSSR count). The van der Waals surface area contributed by atoms with E-state index in [9.17, 15) is 0 Å². The summed E-state index contributed by atoms with van der Waals surface area (Å²) in [6.07, 6.45) is 0. The van der Waals surface area contributed by atoms with Crippen LogP contribution >= 0.6 is 27.3 Å². The Labute approximate surface area is 135 Å². The molecule has 1 aromatic heterocycles. The summed E-state index contributed by atoms with van der Waals surface area (Å²) in [5, 5.41) is 0. The molecule has 2 aromatic rings. The van der Waals surface area contributed by atoms with Gasteiger partial charge in [0.1, 0.15) is 0 Å². The van der Waals surface area contributed by atoms with Gasteiger partial charge in [0.2, 0.25) is 0 Å². The predicted octanol–water partition coefficient (Wildman–Crippen LogP) is 6.39. The van der Waals surface area contributed by atoms with E-state index in [2.05, 4.69) is 70.5 Å². The van der Waals surface area contributed by atoms with E-state index in [1.807, 2.05) is 11.3 Å². The Morgan fingerprint density at radius 3 is 1.65 bits per heavy atom. The lowest BCUT2D eigenvalue weighted by Gasteiger charge is -2.21. The molecule has 108 valence electrons. The summed E-state index contributed by atoms with van der Waals surface area (Å²) in [5.74, 6) is 0. The summed E-state index contributed by atoms with van der Waals surface area (Å²) >= 11 is 5.85. The monoisotopic (exact) mass is 350 g/mol. The maximum absolute atomic E-state index is 3.95. The van der Waals surface area contributed by atoms with Crippen molar-refractivity contribution in [1.29, 1.82) is 0 Å². The number of alkyl halides is 1. The first-order valence-electron chi connectivity index (χ1n) is 7.03. The van der Waals surface area contributed by atoms with Crippen molar-refractivity contribution in [3.8, 4) is 0 Å². The molecule has 0 spiro atoms. The van der Waals surface area contributed by atoms with Crippen LogP contribution in [0.2, 0.25) is 0 Å². The third-order valence-electron chi connectivity index (χ3n) is 4.75.